The lowest BCUT2D eigenvalue weighted by Crippen LogP contribution is -2.42. The van der Waals surface area contributed by atoms with Crippen LogP contribution in [0.5, 0.6) is 0 Å². The van der Waals surface area contributed by atoms with E-state index >= 15 is 0 Å². The van der Waals surface area contributed by atoms with E-state index in [9.17, 15) is 14.7 Å². The van der Waals surface area contributed by atoms with Crippen molar-refractivity contribution in [1.29, 1.82) is 0 Å². The van der Waals surface area contributed by atoms with Gasteiger partial charge in [0.1, 0.15) is 10.6 Å². The Morgan fingerprint density at radius 2 is 2.05 bits per heavy atom. The number of rotatable bonds is 4. The van der Waals surface area contributed by atoms with Crippen molar-refractivity contribution < 1.29 is 14.7 Å². The smallest absolute Gasteiger partial charge is 0.340 e. The fourth-order valence-electron chi connectivity index (χ4n) is 2.62. The molecule has 6 nitrogen and oxygen atoms in total. The van der Waals surface area contributed by atoms with Gasteiger partial charge in [0, 0.05) is 19.0 Å². The molecule has 0 aromatic carbocycles. The minimum absolute atomic E-state index is 0.100. The number of carbonyl (C=O) groups excluding carboxylic acids is 1. The largest absolute Gasteiger partial charge is 0.478 e. The Kier molecular flexibility index (Phi) is 4.10. The number of carboxylic acids is 1. The summed E-state index contributed by atoms with van der Waals surface area (Å²) >= 11 is 1.03. The van der Waals surface area contributed by atoms with Crippen LogP contribution in [0.25, 0.3) is 0 Å². The van der Waals surface area contributed by atoms with E-state index in [0.717, 1.165) is 37.2 Å². The zero-order valence-electron chi connectivity index (χ0n) is 11.7. The third kappa shape index (κ3) is 2.83. The molecule has 0 radical (unpaired) electrons. The van der Waals surface area contributed by atoms with Gasteiger partial charge in [-0.25, -0.2) is 4.79 Å². The molecule has 0 aliphatic heterocycles. The molecule has 0 unspecified atom stereocenters. The Balaban J connectivity index is 2.17. The maximum Gasteiger partial charge on any atom is 0.340 e. The van der Waals surface area contributed by atoms with Gasteiger partial charge in [0.25, 0.3) is 0 Å². The highest BCUT2D eigenvalue weighted by Crippen LogP contribution is 2.33. The Bertz CT molecular complexity index is 535. The molecule has 1 fully saturated rings. The predicted molar refractivity (Wildman–Crippen MR) is 77.2 cm³/mol. The summed E-state index contributed by atoms with van der Waals surface area (Å²) < 4.78 is 4.03. The standard InChI is InChI=1S/C13H19N3O3S/c1-8-10(12(18)19)11(20-15-8)16(2)9(17)7-13(14)5-3-4-6-13/h3-7,14H2,1-2H3,(H,18,19). The minimum Gasteiger partial charge on any atom is -0.478 e. The van der Waals surface area contributed by atoms with Gasteiger partial charge in [0.2, 0.25) is 5.91 Å². The van der Waals surface area contributed by atoms with Crippen molar-refractivity contribution in [3.8, 4) is 0 Å². The topological polar surface area (TPSA) is 96.5 Å². The average molecular weight is 297 g/mol. The second kappa shape index (κ2) is 5.49. The van der Waals surface area contributed by atoms with Gasteiger partial charge in [-0.3, -0.25) is 4.79 Å². The lowest BCUT2D eigenvalue weighted by atomic mass is 9.94. The van der Waals surface area contributed by atoms with Gasteiger partial charge in [-0.15, -0.1) is 0 Å². The first-order valence-electron chi connectivity index (χ1n) is 6.59. The fraction of sp³-hybridized carbons (Fsp3) is 0.615. The third-order valence-corrected chi connectivity index (χ3v) is 4.86. The molecule has 20 heavy (non-hydrogen) atoms. The number of nitrogens with two attached hydrogens (primary N) is 1. The summed E-state index contributed by atoms with van der Waals surface area (Å²) in [6, 6.07) is 0. The second-order valence-electron chi connectivity index (χ2n) is 5.45. The Morgan fingerprint density at radius 1 is 1.45 bits per heavy atom. The molecule has 7 heteroatoms. The van der Waals surface area contributed by atoms with E-state index in [1.54, 1.807) is 14.0 Å². The molecule has 1 aliphatic rings. The van der Waals surface area contributed by atoms with E-state index in [4.69, 9.17) is 5.73 Å². The van der Waals surface area contributed by atoms with Crippen LogP contribution in [0.4, 0.5) is 5.00 Å². The molecule has 3 N–H and O–H groups in total. The molecule has 1 heterocycles. The third-order valence-electron chi connectivity index (χ3n) is 3.84. The molecule has 2 rings (SSSR count). The maximum atomic E-state index is 12.3. The molecule has 1 amide bonds. The van der Waals surface area contributed by atoms with Crippen LogP contribution in [0.15, 0.2) is 0 Å². The SMILES string of the molecule is Cc1nsc(N(C)C(=O)CC2(N)CCCC2)c1C(=O)O. The summed E-state index contributed by atoms with van der Waals surface area (Å²) in [6.45, 7) is 1.63. The Hall–Kier alpha value is -1.47. The highest BCUT2D eigenvalue weighted by Gasteiger charge is 2.34. The zero-order valence-corrected chi connectivity index (χ0v) is 12.5. The summed E-state index contributed by atoms with van der Waals surface area (Å²) in [4.78, 5) is 24.9. The number of hydrogen-bond acceptors (Lipinski definition) is 5. The maximum absolute atomic E-state index is 12.3. The first kappa shape index (κ1) is 14.9. The number of amides is 1. The normalized spacial score (nSPS) is 17.1. The monoisotopic (exact) mass is 297 g/mol. The van der Waals surface area contributed by atoms with Crippen LogP contribution in [0.1, 0.15) is 48.2 Å². The van der Waals surface area contributed by atoms with Gasteiger partial charge < -0.3 is 15.7 Å². The molecule has 0 saturated heterocycles. The van der Waals surface area contributed by atoms with E-state index in [-0.39, 0.29) is 17.9 Å². The number of carbonyl (C=O) groups is 2. The zero-order chi connectivity index (χ0) is 14.9. The molecule has 0 spiro atoms. The molecule has 1 saturated carbocycles. The van der Waals surface area contributed by atoms with Crippen LogP contribution in [0.2, 0.25) is 0 Å². The second-order valence-corrected chi connectivity index (χ2v) is 6.20. The van der Waals surface area contributed by atoms with Gasteiger partial charge >= 0.3 is 5.97 Å². The molecular formula is C13H19N3O3S. The predicted octanol–water partition coefficient (Wildman–Crippen LogP) is 1.77. The molecule has 1 aliphatic carbocycles. The lowest BCUT2D eigenvalue weighted by Gasteiger charge is -2.25. The highest BCUT2D eigenvalue weighted by molar-refractivity contribution is 7.11. The number of aromatic carboxylic acids is 1. The lowest BCUT2D eigenvalue weighted by molar-refractivity contribution is -0.119. The minimum atomic E-state index is -1.06. The van der Waals surface area contributed by atoms with Crippen molar-refractivity contribution in [2.45, 2.75) is 44.6 Å². The summed E-state index contributed by atoms with van der Waals surface area (Å²) in [5.74, 6) is -1.21. The van der Waals surface area contributed by atoms with Crippen LogP contribution < -0.4 is 10.6 Å². The number of anilines is 1. The first-order valence-corrected chi connectivity index (χ1v) is 7.36. The van der Waals surface area contributed by atoms with E-state index in [0.29, 0.717) is 10.7 Å². The van der Waals surface area contributed by atoms with E-state index in [1.165, 1.54) is 4.90 Å². The summed E-state index contributed by atoms with van der Waals surface area (Å²) in [7, 11) is 1.58. The summed E-state index contributed by atoms with van der Waals surface area (Å²) in [5.41, 5.74) is 6.30. The summed E-state index contributed by atoms with van der Waals surface area (Å²) in [5, 5.41) is 9.58. The van der Waals surface area contributed by atoms with Gasteiger partial charge in [-0.2, -0.15) is 4.37 Å². The molecule has 0 bridgehead atoms. The fourth-order valence-corrected chi connectivity index (χ4v) is 3.49. The summed E-state index contributed by atoms with van der Waals surface area (Å²) in [6.07, 6.45) is 4.04. The first-order chi connectivity index (χ1) is 9.34. The van der Waals surface area contributed by atoms with Gasteiger partial charge in [-0.1, -0.05) is 12.8 Å². The average Bonchev–Trinajstić information content (AvgIpc) is 2.94. The number of aromatic nitrogens is 1. The van der Waals surface area contributed by atoms with Crippen molar-refractivity contribution in [2.24, 2.45) is 5.73 Å². The van der Waals surface area contributed by atoms with Crippen molar-refractivity contribution in [3.63, 3.8) is 0 Å². The molecule has 110 valence electrons. The highest BCUT2D eigenvalue weighted by atomic mass is 32.1. The van der Waals surface area contributed by atoms with Crippen molar-refractivity contribution in [1.82, 2.24) is 4.37 Å². The Morgan fingerprint density at radius 3 is 2.60 bits per heavy atom. The quantitative estimate of drug-likeness (QED) is 0.883. The number of aryl methyl sites for hydroxylation is 1. The van der Waals surface area contributed by atoms with Crippen LogP contribution in [-0.4, -0.2) is 33.9 Å². The molecule has 0 atom stereocenters. The molecule has 1 aromatic heterocycles. The molecule has 1 aromatic rings. The number of carboxylic acid groups (broad SMARTS) is 1. The molecular weight excluding hydrogens is 278 g/mol. The van der Waals surface area contributed by atoms with Gasteiger partial charge in [0.05, 0.1) is 5.69 Å². The van der Waals surface area contributed by atoms with E-state index < -0.39 is 11.5 Å². The van der Waals surface area contributed by atoms with Crippen LogP contribution in [-0.2, 0) is 4.79 Å². The van der Waals surface area contributed by atoms with E-state index in [2.05, 4.69) is 4.37 Å². The van der Waals surface area contributed by atoms with Crippen LogP contribution >= 0.6 is 11.5 Å². The van der Waals surface area contributed by atoms with Crippen molar-refractivity contribution in [3.05, 3.63) is 11.3 Å². The Labute approximate surface area is 121 Å². The number of hydrogen-bond donors (Lipinski definition) is 2. The van der Waals surface area contributed by atoms with Crippen LogP contribution in [0, 0.1) is 6.92 Å². The van der Waals surface area contributed by atoms with Gasteiger partial charge in [-0.05, 0) is 31.3 Å². The van der Waals surface area contributed by atoms with Crippen molar-refractivity contribution in [2.75, 3.05) is 11.9 Å². The van der Waals surface area contributed by atoms with Crippen LogP contribution in [0.3, 0.4) is 0 Å². The van der Waals surface area contributed by atoms with Gasteiger partial charge in [0.15, 0.2) is 0 Å². The number of nitrogens with zero attached hydrogens (tertiary/aromatic N) is 2. The van der Waals surface area contributed by atoms with E-state index in [1.807, 2.05) is 0 Å². The van der Waals surface area contributed by atoms with Crippen molar-refractivity contribution >= 4 is 28.4 Å².